The topological polar surface area (TPSA) is 72.3 Å². The Bertz CT molecular complexity index is 584. The van der Waals surface area contributed by atoms with Gasteiger partial charge < -0.3 is 9.84 Å². The molecule has 0 spiro atoms. The number of halogens is 1. The molecule has 0 unspecified atom stereocenters. The summed E-state index contributed by atoms with van der Waals surface area (Å²) >= 11 is 0. The minimum absolute atomic E-state index is 0.0207. The Balaban J connectivity index is 2.24. The Morgan fingerprint density at radius 1 is 1.33 bits per heavy atom. The molecule has 5 nitrogen and oxygen atoms in total. The Kier molecular flexibility index (Phi) is 3.18. The van der Waals surface area contributed by atoms with Crippen LogP contribution in [0.15, 0.2) is 30.6 Å². The van der Waals surface area contributed by atoms with Crippen LogP contribution in [0.2, 0.25) is 0 Å². The van der Waals surface area contributed by atoms with Crippen LogP contribution in [0, 0.1) is 12.7 Å². The molecule has 0 saturated heterocycles. The lowest BCUT2D eigenvalue weighted by Gasteiger charge is -2.06. The van der Waals surface area contributed by atoms with E-state index in [2.05, 4.69) is 9.97 Å². The third-order valence-corrected chi connectivity index (χ3v) is 2.22. The van der Waals surface area contributed by atoms with E-state index in [-0.39, 0.29) is 17.3 Å². The van der Waals surface area contributed by atoms with Crippen molar-refractivity contribution in [3.05, 3.63) is 47.7 Å². The standard InChI is InChI=1S/C12H9FN2O3/c1-7-3-2-4-9(11(7)13)18-10-6-14-8(5-15-10)12(16)17/h2-6H,1H3,(H,16,17). The van der Waals surface area contributed by atoms with Crippen LogP contribution >= 0.6 is 0 Å². The molecule has 0 saturated carbocycles. The number of rotatable bonds is 3. The molecule has 0 aliphatic rings. The van der Waals surface area contributed by atoms with Gasteiger partial charge >= 0.3 is 5.97 Å². The largest absolute Gasteiger partial charge is 0.476 e. The van der Waals surface area contributed by atoms with E-state index in [0.717, 1.165) is 12.4 Å². The van der Waals surface area contributed by atoms with Gasteiger partial charge in [0.1, 0.15) is 0 Å². The van der Waals surface area contributed by atoms with Crippen molar-refractivity contribution in [2.24, 2.45) is 0 Å². The van der Waals surface area contributed by atoms with Crippen molar-refractivity contribution in [1.82, 2.24) is 9.97 Å². The lowest BCUT2D eigenvalue weighted by Crippen LogP contribution is -2.01. The molecule has 1 heterocycles. The van der Waals surface area contributed by atoms with Gasteiger partial charge in [0.05, 0.1) is 12.4 Å². The molecule has 92 valence electrons. The zero-order valence-corrected chi connectivity index (χ0v) is 9.42. The van der Waals surface area contributed by atoms with Gasteiger partial charge in [0.2, 0.25) is 5.88 Å². The lowest BCUT2D eigenvalue weighted by atomic mass is 10.2. The molecule has 1 aromatic heterocycles. The Hall–Kier alpha value is -2.50. The molecule has 0 atom stereocenters. The number of carbonyl (C=O) groups is 1. The van der Waals surface area contributed by atoms with E-state index in [1.807, 2.05) is 0 Å². The molecule has 0 bridgehead atoms. The number of aromatic nitrogens is 2. The van der Waals surface area contributed by atoms with Gasteiger partial charge in [0.15, 0.2) is 17.3 Å². The number of hydrogen-bond acceptors (Lipinski definition) is 4. The van der Waals surface area contributed by atoms with E-state index in [1.165, 1.54) is 6.07 Å². The first kappa shape index (κ1) is 12.0. The third kappa shape index (κ3) is 2.42. The van der Waals surface area contributed by atoms with Crippen molar-refractivity contribution in [3.8, 4) is 11.6 Å². The Morgan fingerprint density at radius 3 is 2.72 bits per heavy atom. The maximum Gasteiger partial charge on any atom is 0.356 e. The first-order valence-electron chi connectivity index (χ1n) is 5.06. The zero-order chi connectivity index (χ0) is 13.1. The Morgan fingerprint density at radius 2 is 2.11 bits per heavy atom. The van der Waals surface area contributed by atoms with Crippen molar-refractivity contribution < 1.29 is 19.0 Å². The maximum atomic E-state index is 13.6. The smallest absolute Gasteiger partial charge is 0.356 e. The third-order valence-electron chi connectivity index (χ3n) is 2.22. The van der Waals surface area contributed by atoms with Gasteiger partial charge in [-0.1, -0.05) is 12.1 Å². The van der Waals surface area contributed by atoms with E-state index in [0.29, 0.717) is 5.56 Å². The number of carboxylic acids is 1. The molecule has 0 fully saturated rings. The molecule has 2 rings (SSSR count). The lowest BCUT2D eigenvalue weighted by molar-refractivity contribution is 0.0690. The van der Waals surface area contributed by atoms with Crippen LogP contribution < -0.4 is 4.74 Å². The van der Waals surface area contributed by atoms with Crippen molar-refractivity contribution in [2.45, 2.75) is 6.92 Å². The summed E-state index contributed by atoms with van der Waals surface area (Å²) in [6, 6.07) is 4.71. The zero-order valence-electron chi connectivity index (χ0n) is 9.42. The highest BCUT2D eigenvalue weighted by molar-refractivity contribution is 5.84. The number of benzene rings is 1. The second-order valence-electron chi connectivity index (χ2n) is 3.53. The number of ether oxygens (including phenoxy) is 1. The summed E-state index contributed by atoms with van der Waals surface area (Å²) in [4.78, 5) is 17.9. The highest BCUT2D eigenvalue weighted by Crippen LogP contribution is 2.24. The molecule has 1 aromatic carbocycles. The second-order valence-corrected chi connectivity index (χ2v) is 3.53. The normalized spacial score (nSPS) is 10.1. The van der Waals surface area contributed by atoms with Gasteiger partial charge in [0, 0.05) is 0 Å². The minimum Gasteiger partial charge on any atom is -0.476 e. The van der Waals surface area contributed by atoms with Crippen LogP contribution in [0.25, 0.3) is 0 Å². The first-order valence-corrected chi connectivity index (χ1v) is 5.06. The van der Waals surface area contributed by atoms with E-state index >= 15 is 0 Å². The minimum atomic E-state index is -1.18. The summed E-state index contributed by atoms with van der Waals surface area (Å²) in [5.74, 6) is -1.62. The molecular formula is C12H9FN2O3. The van der Waals surface area contributed by atoms with E-state index in [9.17, 15) is 9.18 Å². The van der Waals surface area contributed by atoms with Crippen LogP contribution in [-0.4, -0.2) is 21.0 Å². The van der Waals surface area contributed by atoms with Crippen LogP contribution in [0.4, 0.5) is 4.39 Å². The predicted molar refractivity (Wildman–Crippen MR) is 60.2 cm³/mol. The fourth-order valence-corrected chi connectivity index (χ4v) is 1.29. The number of aromatic carboxylic acids is 1. The average molecular weight is 248 g/mol. The van der Waals surface area contributed by atoms with Crippen molar-refractivity contribution >= 4 is 5.97 Å². The molecule has 2 aromatic rings. The van der Waals surface area contributed by atoms with E-state index in [4.69, 9.17) is 9.84 Å². The fourth-order valence-electron chi connectivity index (χ4n) is 1.29. The van der Waals surface area contributed by atoms with Gasteiger partial charge in [-0.15, -0.1) is 0 Å². The Labute approximate surface area is 102 Å². The van der Waals surface area contributed by atoms with Crippen LogP contribution in [0.5, 0.6) is 11.6 Å². The van der Waals surface area contributed by atoms with Crippen molar-refractivity contribution in [1.29, 1.82) is 0 Å². The van der Waals surface area contributed by atoms with Crippen LogP contribution in [-0.2, 0) is 0 Å². The number of nitrogens with zero attached hydrogens (tertiary/aromatic N) is 2. The number of aryl methyl sites for hydroxylation is 1. The van der Waals surface area contributed by atoms with Crippen LogP contribution in [0.1, 0.15) is 16.1 Å². The maximum absolute atomic E-state index is 13.6. The van der Waals surface area contributed by atoms with Gasteiger partial charge in [-0.25, -0.2) is 19.2 Å². The summed E-state index contributed by atoms with van der Waals surface area (Å²) in [7, 11) is 0. The van der Waals surface area contributed by atoms with Gasteiger partial charge in [-0.05, 0) is 18.6 Å². The van der Waals surface area contributed by atoms with E-state index < -0.39 is 11.8 Å². The summed E-state index contributed by atoms with van der Waals surface area (Å²) in [6.45, 7) is 1.61. The fraction of sp³-hybridized carbons (Fsp3) is 0.0833. The number of carboxylic acid groups (broad SMARTS) is 1. The molecule has 18 heavy (non-hydrogen) atoms. The van der Waals surface area contributed by atoms with Crippen LogP contribution in [0.3, 0.4) is 0 Å². The molecule has 0 aliphatic heterocycles. The highest BCUT2D eigenvalue weighted by Gasteiger charge is 2.09. The van der Waals surface area contributed by atoms with Crippen molar-refractivity contribution in [2.75, 3.05) is 0 Å². The summed E-state index contributed by atoms with van der Waals surface area (Å²) in [6.07, 6.45) is 2.18. The SMILES string of the molecule is Cc1cccc(Oc2cnc(C(=O)O)cn2)c1F. The quantitative estimate of drug-likeness (QED) is 0.902. The molecular weight excluding hydrogens is 239 g/mol. The summed E-state index contributed by atoms with van der Waals surface area (Å²) < 4.78 is 18.8. The monoisotopic (exact) mass is 248 g/mol. The molecule has 0 radical (unpaired) electrons. The van der Waals surface area contributed by atoms with Gasteiger partial charge in [0.25, 0.3) is 0 Å². The second kappa shape index (κ2) is 4.79. The highest BCUT2D eigenvalue weighted by atomic mass is 19.1. The number of hydrogen-bond donors (Lipinski definition) is 1. The molecule has 0 aliphatic carbocycles. The molecule has 6 heteroatoms. The summed E-state index contributed by atoms with van der Waals surface area (Å²) in [5, 5.41) is 8.64. The van der Waals surface area contributed by atoms with E-state index in [1.54, 1.807) is 19.1 Å². The van der Waals surface area contributed by atoms with Gasteiger partial charge in [-0.3, -0.25) is 0 Å². The average Bonchev–Trinajstić information content (AvgIpc) is 2.36. The molecule has 1 N–H and O–H groups in total. The summed E-state index contributed by atoms with van der Waals surface area (Å²) in [5.41, 5.74) is 0.245. The molecule has 0 amide bonds. The predicted octanol–water partition coefficient (Wildman–Crippen LogP) is 2.41. The van der Waals surface area contributed by atoms with Crippen molar-refractivity contribution in [3.63, 3.8) is 0 Å². The van der Waals surface area contributed by atoms with Gasteiger partial charge in [-0.2, -0.15) is 0 Å². The first-order chi connectivity index (χ1) is 8.58.